The maximum Gasteiger partial charge on any atom is 0.185 e. The highest BCUT2D eigenvalue weighted by Gasteiger charge is 2.27. The zero-order valence-corrected chi connectivity index (χ0v) is 11.4. The third kappa shape index (κ3) is 2.54. The normalized spacial score (nSPS) is 16.6. The van der Waals surface area contributed by atoms with Gasteiger partial charge >= 0.3 is 0 Å². The zero-order chi connectivity index (χ0) is 14.0. The molecule has 0 aromatic carbocycles. The molecule has 1 aromatic rings. The van der Waals surface area contributed by atoms with Crippen LogP contribution in [0, 0.1) is 0 Å². The fourth-order valence-electron chi connectivity index (χ4n) is 2.22. The van der Waals surface area contributed by atoms with Gasteiger partial charge in [0, 0.05) is 28.8 Å². The Bertz CT molecular complexity index is 580. The molecule has 5 nitrogen and oxygen atoms in total. The topological polar surface area (TPSA) is 64.8 Å². The number of Topliss-reactive ketones (excluding diaryl/α,β-unsaturated/α-hetero) is 2. The summed E-state index contributed by atoms with van der Waals surface area (Å²) in [4.78, 5) is 28.0. The first-order chi connectivity index (χ1) is 9.02. The number of aromatic nitrogens is 3. The number of nitrogens with zero attached hydrogens (tertiary/aromatic N) is 3. The van der Waals surface area contributed by atoms with Crippen LogP contribution in [-0.4, -0.2) is 26.3 Å². The largest absolute Gasteiger partial charge is 0.289 e. The van der Waals surface area contributed by atoms with Crippen LogP contribution < -0.4 is 0 Å². The summed E-state index contributed by atoms with van der Waals surface area (Å²) in [6.45, 7) is 5.87. The zero-order valence-electron chi connectivity index (χ0n) is 11.4. The van der Waals surface area contributed by atoms with Crippen LogP contribution in [-0.2, 0) is 16.1 Å². The second-order valence-electron chi connectivity index (χ2n) is 4.77. The van der Waals surface area contributed by atoms with Gasteiger partial charge in [-0.3, -0.25) is 14.3 Å². The summed E-state index contributed by atoms with van der Waals surface area (Å²) in [6, 6.07) is 0. The summed E-state index contributed by atoms with van der Waals surface area (Å²) < 4.78 is 1.72. The van der Waals surface area contributed by atoms with Gasteiger partial charge in [0.1, 0.15) is 12.7 Å². The molecule has 0 fully saturated rings. The summed E-state index contributed by atoms with van der Waals surface area (Å²) in [7, 11) is 0. The van der Waals surface area contributed by atoms with E-state index in [0.29, 0.717) is 35.3 Å². The molecule has 0 aliphatic heterocycles. The molecule has 19 heavy (non-hydrogen) atoms. The van der Waals surface area contributed by atoms with Crippen LogP contribution >= 0.6 is 0 Å². The summed E-state index contributed by atoms with van der Waals surface area (Å²) >= 11 is 0. The number of hydrogen-bond acceptors (Lipinski definition) is 4. The molecule has 0 bridgehead atoms. The fraction of sp³-hybridized carbons (Fsp3) is 0.429. The Labute approximate surface area is 112 Å². The molecular formula is C14H17N3O2. The standard InChI is InChI=1S/C14H17N3O2/c1-9-10(2)14(19)12(11(3)13(9)18)5-4-6-17-8-15-7-16-17/h7-8H,4-6H2,1-3H3. The molecule has 1 heterocycles. The van der Waals surface area contributed by atoms with Gasteiger partial charge in [-0.2, -0.15) is 5.10 Å². The lowest BCUT2D eigenvalue weighted by atomic mass is 9.84. The number of carbonyl (C=O) groups excluding carboxylic acids is 2. The maximum atomic E-state index is 12.2. The Morgan fingerprint density at radius 1 is 1.05 bits per heavy atom. The predicted octanol–water partition coefficient (Wildman–Crippen LogP) is 1.86. The number of aryl methyl sites for hydroxylation is 1. The van der Waals surface area contributed by atoms with E-state index in [2.05, 4.69) is 10.1 Å². The molecule has 0 spiro atoms. The van der Waals surface area contributed by atoms with Crippen LogP contribution in [0.1, 0.15) is 33.6 Å². The third-order valence-electron chi connectivity index (χ3n) is 3.59. The van der Waals surface area contributed by atoms with Crippen LogP contribution in [0.5, 0.6) is 0 Å². The van der Waals surface area contributed by atoms with Crippen molar-refractivity contribution in [3.05, 3.63) is 34.9 Å². The van der Waals surface area contributed by atoms with Gasteiger partial charge in [-0.15, -0.1) is 0 Å². The smallest absolute Gasteiger partial charge is 0.185 e. The van der Waals surface area contributed by atoms with Crippen molar-refractivity contribution in [2.24, 2.45) is 0 Å². The van der Waals surface area contributed by atoms with E-state index in [1.54, 1.807) is 31.8 Å². The molecule has 1 aliphatic rings. The molecule has 0 N–H and O–H groups in total. The minimum Gasteiger partial charge on any atom is -0.289 e. The maximum absolute atomic E-state index is 12.2. The first-order valence-electron chi connectivity index (χ1n) is 6.31. The fourth-order valence-corrected chi connectivity index (χ4v) is 2.22. The van der Waals surface area contributed by atoms with E-state index in [1.807, 2.05) is 0 Å². The van der Waals surface area contributed by atoms with Crippen LogP contribution in [0.3, 0.4) is 0 Å². The summed E-state index contributed by atoms with van der Waals surface area (Å²) in [5.74, 6) is 0.000969. The Hall–Kier alpha value is -2.04. The number of rotatable bonds is 4. The SMILES string of the molecule is CC1=C(C)C(=O)C(CCCn2cncn2)=C(C)C1=O. The van der Waals surface area contributed by atoms with Gasteiger partial charge < -0.3 is 0 Å². The van der Waals surface area contributed by atoms with E-state index in [0.717, 1.165) is 6.42 Å². The van der Waals surface area contributed by atoms with Crippen LogP contribution in [0.25, 0.3) is 0 Å². The lowest BCUT2D eigenvalue weighted by Crippen LogP contribution is -2.21. The lowest BCUT2D eigenvalue weighted by molar-refractivity contribution is -0.116. The molecule has 0 atom stereocenters. The Kier molecular flexibility index (Phi) is 3.74. The first-order valence-corrected chi connectivity index (χ1v) is 6.31. The van der Waals surface area contributed by atoms with Gasteiger partial charge in [0.25, 0.3) is 0 Å². The average Bonchev–Trinajstić information content (AvgIpc) is 2.91. The number of ketones is 2. The number of hydrogen-bond donors (Lipinski definition) is 0. The predicted molar refractivity (Wildman–Crippen MR) is 70.3 cm³/mol. The van der Waals surface area contributed by atoms with Crippen molar-refractivity contribution in [3.63, 3.8) is 0 Å². The van der Waals surface area contributed by atoms with Gasteiger partial charge in [0.05, 0.1) is 0 Å². The van der Waals surface area contributed by atoms with Crippen molar-refractivity contribution in [1.82, 2.24) is 14.8 Å². The highest BCUT2D eigenvalue weighted by Crippen LogP contribution is 2.26. The Morgan fingerprint density at radius 2 is 1.74 bits per heavy atom. The van der Waals surface area contributed by atoms with Crippen molar-refractivity contribution in [2.75, 3.05) is 0 Å². The molecule has 100 valence electrons. The molecule has 0 amide bonds. The van der Waals surface area contributed by atoms with Gasteiger partial charge in [-0.25, -0.2) is 4.98 Å². The molecule has 1 aromatic heterocycles. The molecule has 0 radical (unpaired) electrons. The number of carbonyl (C=O) groups is 2. The van der Waals surface area contributed by atoms with Crippen molar-refractivity contribution in [1.29, 1.82) is 0 Å². The highest BCUT2D eigenvalue weighted by molar-refractivity contribution is 6.24. The molecule has 1 aliphatic carbocycles. The van der Waals surface area contributed by atoms with Gasteiger partial charge in [0.2, 0.25) is 0 Å². The Morgan fingerprint density at radius 3 is 2.37 bits per heavy atom. The minimum absolute atomic E-state index is 0.00661. The van der Waals surface area contributed by atoms with Gasteiger partial charge in [0.15, 0.2) is 11.6 Å². The van der Waals surface area contributed by atoms with E-state index in [4.69, 9.17) is 0 Å². The summed E-state index contributed by atoms with van der Waals surface area (Å²) in [5.41, 5.74) is 2.38. The molecule has 0 saturated heterocycles. The molecule has 0 saturated carbocycles. The van der Waals surface area contributed by atoms with E-state index in [-0.39, 0.29) is 11.6 Å². The van der Waals surface area contributed by atoms with Crippen LogP contribution in [0.4, 0.5) is 0 Å². The summed E-state index contributed by atoms with van der Waals surface area (Å²) in [6.07, 6.45) is 4.49. The van der Waals surface area contributed by atoms with Crippen LogP contribution in [0.2, 0.25) is 0 Å². The molecule has 2 rings (SSSR count). The third-order valence-corrected chi connectivity index (χ3v) is 3.59. The Balaban J connectivity index is 2.07. The van der Waals surface area contributed by atoms with E-state index in [9.17, 15) is 9.59 Å². The number of allylic oxidation sites excluding steroid dienone is 4. The average molecular weight is 259 g/mol. The second kappa shape index (κ2) is 5.30. The van der Waals surface area contributed by atoms with Crippen molar-refractivity contribution in [2.45, 2.75) is 40.2 Å². The quantitative estimate of drug-likeness (QED) is 0.774. The van der Waals surface area contributed by atoms with Gasteiger partial charge in [-0.05, 0) is 33.6 Å². The molecular weight excluding hydrogens is 242 g/mol. The second-order valence-corrected chi connectivity index (χ2v) is 4.77. The van der Waals surface area contributed by atoms with Crippen molar-refractivity contribution >= 4 is 11.6 Å². The summed E-state index contributed by atoms with van der Waals surface area (Å²) in [5, 5.41) is 4.01. The lowest BCUT2D eigenvalue weighted by Gasteiger charge is -2.18. The van der Waals surface area contributed by atoms with E-state index >= 15 is 0 Å². The minimum atomic E-state index is -0.00661. The van der Waals surface area contributed by atoms with E-state index in [1.165, 1.54) is 6.33 Å². The first kappa shape index (κ1) is 13.4. The van der Waals surface area contributed by atoms with Crippen molar-refractivity contribution < 1.29 is 9.59 Å². The molecule has 5 heteroatoms. The molecule has 0 unspecified atom stereocenters. The highest BCUT2D eigenvalue weighted by atomic mass is 16.1. The monoisotopic (exact) mass is 259 g/mol. The van der Waals surface area contributed by atoms with E-state index < -0.39 is 0 Å². The van der Waals surface area contributed by atoms with Gasteiger partial charge in [-0.1, -0.05) is 0 Å². The van der Waals surface area contributed by atoms with Crippen LogP contribution in [0.15, 0.2) is 34.9 Å². The van der Waals surface area contributed by atoms with Crippen molar-refractivity contribution in [3.8, 4) is 0 Å².